The maximum absolute atomic E-state index is 12.1. The number of hydrogen-bond donors (Lipinski definition) is 1. The number of carbonyl (C=O) groups is 1. The van der Waals surface area contributed by atoms with E-state index in [1.807, 2.05) is 44.2 Å². The number of hydrogen-bond acceptors (Lipinski definition) is 2. The molecule has 0 aliphatic rings. The molecule has 1 unspecified atom stereocenters. The van der Waals surface area contributed by atoms with Gasteiger partial charge >= 0.3 is 0 Å². The number of aryl methyl sites for hydroxylation is 1. The second-order valence-electron chi connectivity index (χ2n) is 4.62. The minimum atomic E-state index is -0.0697. The van der Waals surface area contributed by atoms with Crippen LogP contribution in [0.25, 0.3) is 0 Å². The highest BCUT2D eigenvalue weighted by molar-refractivity contribution is 9.10. The summed E-state index contributed by atoms with van der Waals surface area (Å²) >= 11 is 3.43. The van der Waals surface area contributed by atoms with Gasteiger partial charge in [0.1, 0.15) is 5.76 Å². The number of halogens is 1. The predicted molar refractivity (Wildman–Crippen MR) is 78.2 cm³/mol. The van der Waals surface area contributed by atoms with Crippen LogP contribution in [0.1, 0.15) is 28.6 Å². The van der Waals surface area contributed by atoms with Gasteiger partial charge in [-0.25, -0.2) is 0 Å². The molecule has 0 spiro atoms. The van der Waals surface area contributed by atoms with Gasteiger partial charge in [0.15, 0.2) is 0 Å². The molecule has 0 aliphatic carbocycles. The molecule has 3 nitrogen and oxygen atoms in total. The summed E-state index contributed by atoms with van der Waals surface area (Å²) in [5.74, 6) is 0.803. The van der Waals surface area contributed by atoms with E-state index in [0.29, 0.717) is 12.0 Å². The Labute approximate surface area is 121 Å². The van der Waals surface area contributed by atoms with Crippen molar-refractivity contribution < 1.29 is 9.21 Å². The lowest BCUT2D eigenvalue weighted by molar-refractivity contribution is 0.0939. The normalized spacial score (nSPS) is 12.2. The molecule has 1 atom stereocenters. The van der Waals surface area contributed by atoms with E-state index in [1.54, 1.807) is 6.26 Å². The molecule has 1 heterocycles. The largest absolute Gasteiger partial charge is 0.469 e. The first-order valence-corrected chi connectivity index (χ1v) is 6.95. The zero-order valence-electron chi connectivity index (χ0n) is 10.9. The van der Waals surface area contributed by atoms with Crippen LogP contribution in [0.5, 0.6) is 0 Å². The van der Waals surface area contributed by atoms with Crippen LogP contribution in [0.4, 0.5) is 0 Å². The van der Waals surface area contributed by atoms with E-state index in [2.05, 4.69) is 21.2 Å². The first-order chi connectivity index (χ1) is 9.06. The molecule has 0 bridgehead atoms. The minimum Gasteiger partial charge on any atom is -0.469 e. The highest BCUT2D eigenvalue weighted by Crippen LogP contribution is 2.17. The van der Waals surface area contributed by atoms with Crippen molar-refractivity contribution in [2.45, 2.75) is 26.3 Å². The molecule has 2 aromatic rings. The molecule has 2 rings (SSSR count). The Morgan fingerprint density at radius 2 is 2.21 bits per heavy atom. The van der Waals surface area contributed by atoms with Gasteiger partial charge < -0.3 is 9.73 Å². The minimum absolute atomic E-state index is 0.0266. The molecular weight excluding hydrogens is 306 g/mol. The molecule has 100 valence electrons. The van der Waals surface area contributed by atoms with Crippen molar-refractivity contribution in [1.29, 1.82) is 0 Å². The maximum atomic E-state index is 12.1. The molecule has 0 saturated heterocycles. The van der Waals surface area contributed by atoms with E-state index >= 15 is 0 Å². The van der Waals surface area contributed by atoms with Crippen LogP contribution in [-0.4, -0.2) is 11.9 Å². The van der Waals surface area contributed by atoms with Crippen molar-refractivity contribution >= 4 is 21.8 Å². The van der Waals surface area contributed by atoms with Gasteiger partial charge in [-0.1, -0.05) is 22.0 Å². The quantitative estimate of drug-likeness (QED) is 0.932. The number of rotatable bonds is 4. The second-order valence-corrected chi connectivity index (χ2v) is 5.48. The predicted octanol–water partition coefficient (Wildman–Crippen LogP) is 3.71. The van der Waals surface area contributed by atoms with Crippen LogP contribution in [0.3, 0.4) is 0 Å². The third kappa shape index (κ3) is 3.70. The van der Waals surface area contributed by atoms with E-state index in [0.717, 1.165) is 15.8 Å². The summed E-state index contributed by atoms with van der Waals surface area (Å²) < 4.78 is 6.21. The molecular formula is C15H16BrNO2. The van der Waals surface area contributed by atoms with Crippen LogP contribution in [0.15, 0.2) is 45.5 Å². The Morgan fingerprint density at radius 1 is 1.42 bits per heavy atom. The van der Waals surface area contributed by atoms with Crippen LogP contribution in [0, 0.1) is 6.92 Å². The molecule has 4 heteroatoms. The summed E-state index contributed by atoms with van der Waals surface area (Å²) in [5, 5.41) is 2.96. The van der Waals surface area contributed by atoms with E-state index in [9.17, 15) is 4.79 Å². The molecule has 0 saturated carbocycles. The molecule has 0 fully saturated rings. The molecule has 1 amide bonds. The summed E-state index contributed by atoms with van der Waals surface area (Å²) in [4.78, 5) is 12.1. The van der Waals surface area contributed by atoms with E-state index in [-0.39, 0.29) is 11.9 Å². The average molecular weight is 322 g/mol. The average Bonchev–Trinajstić information content (AvgIpc) is 2.85. The van der Waals surface area contributed by atoms with Gasteiger partial charge in [-0.15, -0.1) is 0 Å². The summed E-state index contributed by atoms with van der Waals surface area (Å²) in [6.07, 6.45) is 2.33. The van der Waals surface area contributed by atoms with Gasteiger partial charge in [0.2, 0.25) is 0 Å². The molecule has 0 radical (unpaired) electrons. The fourth-order valence-electron chi connectivity index (χ4n) is 1.82. The van der Waals surface area contributed by atoms with Crippen molar-refractivity contribution in [3.8, 4) is 0 Å². The monoisotopic (exact) mass is 321 g/mol. The van der Waals surface area contributed by atoms with Crippen LogP contribution in [-0.2, 0) is 6.42 Å². The lowest BCUT2D eigenvalue weighted by Gasteiger charge is -2.13. The Bertz CT molecular complexity index is 564. The molecule has 0 aliphatic heterocycles. The van der Waals surface area contributed by atoms with Crippen molar-refractivity contribution in [2.24, 2.45) is 0 Å². The van der Waals surface area contributed by atoms with E-state index in [1.165, 1.54) is 0 Å². The van der Waals surface area contributed by atoms with E-state index in [4.69, 9.17) is 4.42 Å². The molecule has 1 N–H and O–H groups in total. The topological polar surface area (TPSA) is 42.2 Å². The number of amides is 1. The number of furan rings is 1. The second kappa shape index (κ2) is 6.06. The third-order valence-electron chi connectivity index (χ3n) is 2.90. The molecule has 1 aromatic heterocycles. The summed E-state index contributed by atoms with van der Waals surface area (Å²) in [6, 6.07) is 9.38. The summed E-state index contributed by atoms with van der Waals surface area (Å²) in [7, 11) is 0. The highest BCUT2D eigenvalue weighted by atomic mass is 79.9. The van der Waals surface area contributed by atoms with Gasteiger partial charge in [-0.3, -0.25) is 4.79 Å². The number of nitrogens with one attached hydrogen (secondary N) is 1. The fourth-order valence-corrected chi connectivity index (χ4v) is 2.20. The number of carbonyl (C=O) groups excluding carboxylic acids is 1. The zero-order valence-corrected chi connectivity index (χ0v) is 12.5. The fraction of sp³-hybridized carbons (Fsp3) is 0.267. The van der Waals surface area contributed by atoms with E-state index < -0.39 is 0 Å². The van der Waals surface area contributed by atoms with Crippen molar-refractivity contribution in [1.82, 2.24) is 5.32 Å². The lowest BCUT2D eigenvalue weighted by Crippen LogP contribution is -2.34. The van der Waals surface area contributed by atoms with Crippen molar-refractivity contribution in [3.63, 3.8) is 0 Å². The van der Waals surface area contributed by atoms with Gasteiger partial charge in [0.05, 0.1) is 6.26 Å². The molecule has 1 aromatic carbocycles. The van der Waals surface area contributed by atoms with Crippen LogP contribution in [0.2, 0.25) is 0 Å². The van der Waals surface area contributed by atoms with Gasteiger partial charge in [0, 0.05) is 22.5 Å². The highest BCUT2D eigenvalue weighted by Gasteiger charge is 2.12. The first kappa shape index (κ1) is 13.9. The van der Waals surface area contributed by atoms with Gasteiger partial charge in [0.25, 0.3) is 5.91 Å². The van der Waals surface area contributed by atoms with Crippen molar-refractivity contribution in [3.05, 3.63) is 58.0 Å². The third-order valence-corrected chi connectivity index (χ3v) is 3.75. The standard InChI is InChI=1S/C15H16BrNO2/c1-10-5-6-12(9-14(10)16)15(18)17-11(2)8-13-4-3-7-19-13/h3-7,9,11H,8H2,1-2H3,(H,17,18). The smallest absolute Gasteiger partial charge is 0.251 e. The Kier molecular flexibility index (Phi) is 4.43. The summed E-state index contributed by atoms with van der Waals surface area (Å²) in [5.41, 5.74) is 1.77. The number of benzene rings is 1. The van der Waals surface area contributed by atoms with Crippen LogP contribution < -0.4 is 5.32 Å². The Hall–Kier alpha value is -1.55. The SMILES string of the molecule is Cc1ccc(C(=O)NC(C)Cc2ccco2)cc1Br. The molecule has 19 heavy (non-hydrogen) atoms. The summed E-state index contributed by atoms with van der Waals surface area (Å²) in [6.45, 7) is 3.95. The van der Waals surface area contributed by atoms with Gasteiger partial charge in [-0.05, 0) is 43.7 Å². The van der Waals surface area contributed by atoms with Gasteiger partial charge in [-0.2, -0.15) is 0 Å². The zero-order chi connectivity index (χ0) is 13.8. The Balaban J connectivity index is 1.98. The Morgan fingerprint density at radius 3 is 2.84 bits per heavy atom. The lowest BCUT2D eigenvalue weighted by atomic mass is 10.1. The first-order valence-electron chi connectivity index (χ1n) is 6.15. The van der Waals surface area contributed by atoms with Crippen molar-refractivity contribution in [2.75, 3.05) is 0 Å². The maximum Gasteiger partial charge on any atom is 0.251 e. The van der Waals surface area contributed by atoms with Crippen LogP contribution >= 0.6 is 15.9 Å².